The van der Waals surface area contributed by atoms with Gasteiger partial charge in [0.15, 0.2) is 0 Å². The van der Waals surface area contributed by atoms with E-state index in [1.54, 1.807) is 24.3 Å². The molecule has 0 saturated heterocycles. The summed E-state index contributed by atoms with van der Waals surface area (Å²) >= 11 is 3.20. The minimum atomic E-state index is -0.980. The van der Waals surface area contributed by atoms with E-state index in [1.165, 1.54) is 6.21 Å². The van der Waals surface area contributed by atoms with Gasteiger partial charge in [-0.05, 0) is 12.0 Å². The van der Waals surface area contributed by atoms with Crippen LogP contribution in [-0.4, -0.2) is 33.1 Å². The quantitative estimate of drug-likeness (QED) is 0.334. The molecule has 0 heterocycles. The molecule has 16 heavy (non-hydrogen) atoms. The summed E-state index contributed by atoms with van der Waals surface area (Å²) < 4.78 is 0. The first-order valence-corrected chi connectivity index (χ1v) is 6.01. The van der Waals surface area contributed by atoms with Crippen LogP contribution in [0.2, 0.25) is 0 Å². The van der Waals surface area contributed by atoms with Crippen molar-refractivity contribution in [1.82, 2.24) is 0 Å². The van der Waals surface area contributed by atoms with Crippen LogP contribution < -0.4 is 0 Å². The van der Waals surface area contributed by atoms with Crippen LogP contribution in [-0.2, 0) is 0 Å². The SMILES string of the molecule is ON=Cc1ccccc1C(O)C(O)CCBr. The number of rotatable bonds is 5. The van der Waals surface area contributed by atoms with Gasteiger partial charge in [-0.1, -0.05) is 45.4 Å². The molecule has 0 aromatic heterocycles. The fourth-order valence-electron chi connectivity index (χ4n) is 1.44. The summed E-state index contributed by atoms with van der Waals surface area (Å²) in [4.78, 5) is 0. The van der Waals surface area contributed by atoms with E-state index in [4.69, 9.17) is 5.21 Å². The normalized spacial score (nSPS) is 15.2. The van der Waals surface area contributed by atoms with Crippen molar-refractivity contribution in [1.29, 1.82) is 0 Å². The van der Waals surface area contributed by atoms with Crippen LogP contribution in [0.5, 0.6) is 0 Å². The van der Waals surface area contributed by atoms with E-state index in [0.717, 1.165) is 0 Å². The third kappa shape index (κ3) is 3.30. The van der Waals surface area contributed by atoms with Gasteiger partial charge in [-0.15, -0.1) is 0 Å². The molecule has 0 fully saturated rings. The number of aliphatic hydroxyl groups excluding tert-OH is 2. The summed E-state index contributed by atoms with van der Waals surface area (Å²) in [6.07, 6.45) is -0.134. The average molecular weight is 288 g/mol. The Morgan fingerprint density at radius 3 is 2.62 bits per heavy atom. The number of alkyl halides is 1. The van der Waals surface area contributed by atoms with Gasteiger partial charge in [-0.25, -0.2) is 0 Å². The van der Waals surface area contributed by atoms with Gasteiger partial charge in [0.05, 0.1) is 12.3 Å². The highest BCUT2D eigenvalue weighted by molar-refractivity contribution is 9.09. The molecule has 0 amide bonds. The average Bonchev–Trinajstić information content (AvgIpc) is 2.29. The number of halogens is 1. The maximum absolute atomic E-state index is 9.91. The first-order chi connectivity index (χ1) is 7.70. The van der Waals surface area contributed by atoms with Crippen molar-refractivity contribution in [2.45, 2.75) is 18.6 Å². The zero-order chi connectivity index (χ0) is 12.0. The van der Waals surface area contributed by atoms with Gasteiger partial charge in [-0.2, -0.15) is 0 Å². The molecule has 0 bridgehead atoms. The highest BCUT2D eigenvalue weighted by Gasteiger charge is 2.19. The number of aliphatic hydroxyl groups is 2. The molecule has 2 atom stereocenters. The van der Waals surface area contributed by atoms with E-state index < -0.39 is 12.2 Å². The topological polar surface area (TPSA) is 73.1 Å². The lowest BCUT2D eigenvalue weighted by molar-refractivity contribution is 0.0173. The maximum Gasteiger partial charge on any atom is 0.106 e. The third-order valence-corrected chi connectivity index (χ3v) is 2.74. The Morgan fingerprint density at radius 2 is 2.00 bits per heavy atom. The van der Waals surface area contributed by atoms with Gasteiger partial charge in [0.1, 0.15) is 6.10 Å². The predicted octanol–water partition coefficient (Wildman–Crippen LogP) is 1.67. The van der Waals surface area contributed by atoms with E-state index >= 15 is 0 Å². The first-order valence-electron chi connectivity index (χ1n) is 4.89. The van der Waals surface area contributed by atoms with Crippen LogP contribution in [0.15, 0.2) is 29.4 Å². The van der Waals surface area contributed by atoms with Crippen LogP contribution in [0.25, 0.3) is 0 Å². The Morgan fingerprint density at radius 1 is 1.31 bits per heavy atom. The third-order valence-electron chi connectivity index (χ3n) is 2.28. The minimum Gasteiger partial charge on any atom is -0.411 e. The summed E-state index contributed by atoms with van der Waals surface area (Å²) in [6, 6.07) is 6.93. The zero-order valence-electron chi connectivity index (χ0n) is 8.62. The molecule has 0 aliphatic rings. The lowest BCUT2D eigenvalue weighted by Gasteiger charge is -2.18. The Bertz CT molecular complexity index is 357. The molecule has 5 heteroatoms. The van der Waals surface area contributed by atoms with Gasteiger partial charge in [0, 0.05) is 10.9 Å². The number of benzene rings is 1. The second kappa shape index (κ2) is 6.62. The summed E-state index contributed by atoms with van der Waals surface area (Å²) in [7, 11) is 0. The zero-order valence-corrected chi connectivity index (χ0v) is 10.2. The lowest BCUT2D eigenvalue weighted by Crippen LogP contribution is -2.19. The molecule has 4 nitrogen and oxygen atoms in total. The van der Waals surface area contributed by atoms with Crippen molar-refractivity contribution in [2.24, 2.45) is 5.16 Å². The van der Waals surface area contributed by atoms with Crippen LogP contribution in [0.3, 0.4) is 0 Å². The Labute approximate surface area is 102 Å². The largest absolute Gasteiger partial charge is 0.411 e. The molecule has 0 saturated carbocycles. The standard InChI is InChI=1S/C11H14BrNO3/c12-6-5-10(14)11(15)9-4-2-1-3-8(9)7-13-16/h1-4,7,10-11,14-16H,5-6H2. The predicted molar refractivity (Wildman–Crippen MR) is 65.2 cm³/mol. The summed E-state index contributed by atoms with van der Waals surface area (Å²) in [5.41, 5.74) is 1.14. The maximum atomic E-state index is 9.91. The number of nitrogens with zero attached hydrogens (tertiary/aromatic N) is 1. The van der Waals surface area contributed by atoms with Crippen LogP contribution in [0, 0.1) is 0 Å². The molecular weight excluding hydrogens is 274 g/mol. The first kappa shape index (κ1) is 13.2. The van der Waals surface area contributed by atoms with Crippen LogP contribution in [0.1, 0.15) is 23.7 Å². The molecule has 0 aliphatic carbocycles. The van der Waals surface area contributed by atoms with Crippen molar-refractivity contribution in [3.63, 3.8) is 0 Å². The lowest BCUT2D eigenvalue weighted by atomic mass is 9.98. The fraction of sp³-hybridized carbons (Fsp3) is 0.364. The second-order valence-corrected chi connectivity index (χ2v) is 4.16. The van der Waals surface area contributed by atoms with Crippen molar-refractivity contribution in [2.75, 3.05) is 5.33 Å². The van der Waals surface area contributed by atoms with Crippen molar-refractivity contribution in [3.05, 3.63) is 35.4 Å². The van der Waals surface area contributed by atoms with Crippen molar-refractivity contribution < 1.29 is 15.4 Å². The van der Waals surface area contributed by atoms with Crippen LogP contribution >= 0.6 is 15.9 Å². The molecule has 0 radical (unpaired) electrons. The number of oxime groups is 1. The van der Waals surface area contributed by atoms with Crippen LogP contribution in [0.4, 0.5) is 0 Å². The molecule has 88 valence electrons. The Balaban J connectivity index is 2.93. The molecule has 3 N–H and O–H groups in total. The van der Waals surface area contributed by atoms with Crippen molar-refractivity contribution in [3.8, 4) is 0 Å². The summed E-state index contributed by atoms with van der Waals surface area (Å²) in [6.45, 7) is 0. The van der Waals surface area contributed by atoms with Gasteiger partial charge in [0.2, 0.25) is 0 Å². The molecule has 0 spiro atoms. The van der Waals surface area contributed by atoms with Crippen molar-refractivity contribution >= 4 is 22.1 Å². The number of hydrogen-bond donors (Lipinski definition) is 3. The van der Waals surface area contributed by atoms with Gasteiger partial charge in [0.25, 0.3) is 0 Å². The number of hydrogen-bond acceptors (Lipinski definition) is 4. The molecular formula is C11H14BrNO3. The smallest absolute Gasteiger partial charge is 0.106 e. The minimum absolute atomic E-state index is 0.450. The van der Waals surface area contributed by atoms with E-state index in [1.807, 2.05) is 0 Å². The fourth-order valence-corrected chi connectivity index (χ4v) is 1.91. The van der Waals surface area contributed by atoms with E-state index in [2.05, 4.69) is 21.1 Å². The van der Waals surface area contributed by atoms with Gasteiger partial charge < -0.3 is 15.4 Å². The highest BCUT2D eigenvalue weighted by atomic mass is 79.9. The van der Waals surface area contributed by atoms with Gasteiger partial charge >= 0.3 is 0 Å². The van der Waals surface area contributed by atoms with E-state index in [9.17, 15) is 10.2 Å². The highest BCUT2D eigenvalue weighted by Crippen LogP contribution is 2.22. The van der Waals surface area contributed by atoms with Gasteiger partial charge in [-0.3, -0.25) is 0 Å². The monoisotopic (exact) mass is 287 g/mol. The molecule has 2 unspecified atom stereocenters. The molecule has 1 aromatic carbocycles. The molecule has 1 rings (SSSR count). The Kier molecular flexibility index (Phi) is 5.45. The summed E-state index contributed by atoms with van der Waals surface area (Å²) in [5.74, 6) is 0. The van der Waals surface area contributed by atoms with E-state index in [0.29, 0.717) is 22.9 Å². The Hall–Kier alpha value is -0.910. The summed E-state index contributed by atoms with van der Waals surface area (Å²) in [5, 5.41) is 31.6. The molecule has 0 aliphatic heterocycles. The van der Waals surface area contributed by atoms with E-state index in [-0.39, 0.29) is 0 Å². The molecule has 1 aromatic rings. The second-order valence-electron chi connectivity index (χ2n) is 3.36.